The third kappa shape index (κ3) is 4.27. The Kier molecular flexibility index (Phi) is 6.75. The first kappa shape index (κ1) is 26.4. The Hall–Kier alpha value is -4.48. The van der Waals surface area contributed by atoms with Crippen LogP contribution in [-0.4, -0.2) is 0 Å². The fourth-order valence-corrected chi connectivity index (χ4v) is 11.7. The van der Waals surface area contributed by atoms with Gasteiger partial charge in [-0.05, 0) is 33.7 Å². The second-order valence-electron chi connectivity index (χ2n) is 10.4. The molecule has 0 saturated heterocycles. The highest BCUT2D eigenvalue weighted by atomic mass is 31.2. The van der Waals surface area contributed by atoms with Crippen LogP contribution in [0.2, 0.25) is 0 Å². The van der Waals surface area contributed by atoms with Gasteiger partial charge in [0.05, 0.1) is 0 Å². The van der Waals surface area contributed by atoms with Crippen LogP contribution in [0.4, 0.5) is 0 Å². The Morgan fingerprint density at radius 1 is 0.310 bits per heavy atom. The van der Waals surface area contributed by atoms with Crippen LogP contribution in [0.5, 0.6) is 0 Å². The molecule has 0 radical (unpaired) electrons. The maximum absolute atomic E-state index is 15.4. The molecule has 0 amide bonds. The normalized spacial score (nSPS) is 12.0. The Labute approximate surface area is 246 Å². The topological polar surface area (TPSA) is 34.1 Å². The summed E-state index contributed by atoms with van der Waals surface area (Å²) < 4.78 is 30.9. The Morgan fingerprint density at radius 3 is 0.929 bits per heavy atom. The summed E-state index contributed by atoms with van der Waals surface area (Å²) in [6.07, 6.45) is 0. The molecule has 7 rings (SSSR count). The van der Waals surface area contributed by atoms with Crippen molar-refractivity contribution in [1.29, 1.82) is 0 Å². The maximum Gasteiger partial charge on any atom is 0.171 e. The van der Waals surface area contributed by atoms with Crippen molar-refractivity contribution in [3.63, 3.8) is 0 Å². The summed E-state index contributed by atoms with van der Waals surface area (Å²) in [5.41, 5.74) is 0. The van der Waals surface area contributed by atoms with Gasteiger partial charge in [-0.25, -0.2) is 0 Å². The predicted molar refractivity (Wildman–Crippen MR) is 180 cm³/mol. The zero-order chi connectivity index (χ0) is 28.6. The summed E-state index contributed by atoms with van der Waals surface area (Å²) in [6.45, 7) is 0. The zero-order valence-corrected chi connectivity index (χ0v) is 24.7. The van der Waals surface area contributed by atoms with E-state index in [9.17, 15) is 0 Å². The summed E-state index contributed by atoms with van der Waals surface area (Å²) in [5.74, 6) is 0. The first-order chi connectivity index (χ1) is 20.6. The van der Waals surface area contributed by atoms with Crippen LogP contribution in [-0.2, 0) is 9.13 Å². The third-order valence-electron chi connectivity index (χ3n) is 7.99. The van der Waals surface area contributed by atoms with Crippen molar-refractivity contribution in [2.24, 2.45) is 0 Å². The lowest BCUT2D eigenvalue weighted by Crippen LogP contribution is -2.26. The largest absolute Gasteiger partial charge is 0.309 e. The molecule has 202 valence electrons. The molecule has 4 heteroatoms. The monoisotopic (exact) mass is 578 g/mol. The van der Waals surface area contributed by atoms with Crippen molar-refractivity contribution in [3.8, 4) is 0 Å². The minimum Gasteiger partial charge on any atom is -0.309 e. The van der Waals surface area contributed by atoms with Crippen LogP contribution >= 0.6 is 14.3 Å². The van der Waals surface area contributed by atoms with Crippen molar-refractivity contribution in [3.05, 3.63) is 170 Å². The van der Waals surface area contributed by atoms with E-state index in [4.69, 9.17) is 0 Å². The van der Waals surface area contributed by atoms with Gasteiger partial charge in [0.25, 0.3) is 0 Å². The fourth-order valence-electron chi connectivity index (χ4n) is 5.97. The molecular weight excluding hydrogens is 550 g/mol. The van der Waals surface area contributed by atoms with E-state index in [2.05, 4.69) is 24.3 Å². The van der Waals surface area contributed by atoms with Crippen LogP contribution in [0.3, 0.4) is 0 Å². The van der Waals surface area contributed by atoms with E-state index in [-0.39, 0.29) is 0 Å². The predicted octanol–water partition coefficient (Wildman–Crippen LogP) is 7.27. The van der Waals surface area contributed by atoms with E-state index in [0.717, 1.165) is 53.4 Å². The summed E-state index contributed by atoms with van der Waals surface area (Å²) in [5, 5.41) is 8.52. The van der Waals surface area contributed by atoms with Gasteiger partial charge in [-0.1, -0.05) is 158 Å². The lowest BCUT2D eigenvalue weighted by Gasteiger charge is -2.24. The zero-order valence-electron chi connectivity index (χ0n) is 22.9. The highest BCUT2D eigenvalue weighted by Crippen LogP contribution is 2.47. The molecular formula is C38H28O2P2. The van der Waals surface area contributed by atoms with Crippen LogP contribution < -0.4 is 31.8 Å². The average molecular weight is 579 g/mol. The molecule has 7 aromatic rings. The third-order valence-corrected chi connectivity index (χ3v) is 14.2. The van der Waals surface area contributed by atoms with E-state index in [1.807, 2.05) is 146 Å². The van der Waals surface area contributed by atoms with Gasteiger partial charge in [0.2, 0.25) is 0 Å². The smallest absolute Gasteiger partial charge is 0.171 e. The van der Waals surface area contributed by atoms with Gasteiger partial charge in [0.15, 0.2) is 14.3 Å². The fraction of sp³-hybridized carbons (Fsp3) is 0. The Bertz CT molecular complexity index is 1890. The van der Waals surface area contributed by atoms with Gasteiger partial charge < -0.3 is 9.13 Å². The summed E-state index contributed by atoms with van der Waals surface area (Å²) in [7, 11) is -6.48. The van der Waals surface area contributed by atoms with Crippen LogP contribution in [0.25, 0.3) is 21.5 Å². The quantitative estimate of drug-likeness (QED) is 0.154. The summed E-state index contributed by atoms with van der Waals surface area (Å²) >= 11 is 0. The lowest BCUT2D eigenvalue weighted by atomic mass is 10.0. The molecule has 0 heterocycles. The first-order valence-electron chi connectivity index (χ1n) is 14.0. The van der Waals surface area contributed by atoms with Gasteiger partial charge >= 0.3 is 0 Å². The van der Waals surface area contributed by atoms with Crippen molar-refractivity contribution in [1.82, 2.24) is 0 Å². The second-order valence-corrected chi connectivity index (χ2v) is 15.9. The summed E-state index contributed by atoms with van der Waals surface area (Å²) in [6, 6.07) is 55.4. The highest BCUT2D eigenvalue weighted by molar-refractivity contribution is 7.86. The van der Waals surface area contributed by atoms with Crippen LogP contribution in [0, 0.1) is 0 Å². The molecule has 0 bridgehead atoms. The molecule has 0 saturated carbocycles. The maximum atomic E-state index is 15.4. The molecule has 0 atom stereocenters. The molecule has 7 aromatic carbocycles. The Balaban J connectivity index is 1.57. The second kappa shape index (κ2) is 10.7. The van der Waals surface area contributed by atoms with Gasteiger partial charge in [0.1, 0.15) is 0 Å². The van der Waals surface area contributed by atoms with Gasteiger partial charge in [-0.3, -0.25) is 0 Å². The van der Waals surface area contributed by atoms with E-state index in [0.29, 0.717) is 0 Å². The molecule has 42 heavy (non-hydrogen) atoms. The van der Waals surface area contributed by atoms with Crippen molar-refractivity contribution >= 4 is 67.7 Å². The van der Waals surface area contributed by atoms with Crippen LogP contribution in [0.15, 0.2) is 170 Å². The molecule has 2 nitrogen and oxygen atoms in total. The first-order valence-corrected chi connectivity index (χ1v) is 17.4. The van der Waals surface area contributed by atoms with Crippen molar-refractivity contribution in [2.75, 3.05) is 0 Å². The van der Waals surface area contributed by atoms with Gasteiger partial charge in [-0.2, -0.15) is 0 Å². The number of rotatable bonds is 6. The van der Waals surface area contributed by atoms with Gasteiger partial charge in [-0.15, -0.1) is 0 Å². The lowest BCUT2D eigenvalue weighted by molar-refractivity contribution is 0.592. The molecule has 0 aromatic heterocycles. The molecule has 0 aliphatic heterocycles. The number of hydrogen-bond donors (Lipinski definition) is 0. The van der Waals surface area contributed by atoms with Crippen LogP contribution in [0.1, 0.15) is 0 Å². The molecule has 0 spiro atoms. The molecule has 0 N–H and O–H groups in total. The van der Waals surface area contributed by atoms with E-state index >= 15 is 9.13 Å². The minimum atomic E-state index is -3.24. The van der Waals surface area contributed by atoms with E-state index in [1.165, 1.54) is 0 Å². The highest BCUT2D eigenvalue weighted by Gasteiger charge is 2.33. The summed E-state index contributed by atoms with van der Waals surface area (Å²) in [4.78, 5) is 0. The van der Waals surface area contributed by atoms with Crippen molar-refractivity contribution in [2.45, 2.75) is 0 Å². The SMILES string of the molecule is O=P(c1ccccc1)(c1ccccc1)c1cccc2cc3cccc(P(=O)(c4ccccc4)c4ccccc4)c3cc12. The standard InChI is InChI=1S/C38H28O2P2/c39-41(31-17-5-1-6-18-31,32-19-7-2-8-20-32)37-25-13-15-29-27-30-16-14-26-38(36(30)28-35(29)37)42(40,33-21-9-3-10-22-33)34-23-11-4-12-24-34/h1-28H. The number of fused-ring (bicyclic) bond motifs is 2. The molecule has 0 fully saturated rings. The van der Waals surface area contributed by atoms with E-state index in [1.54, 1.807) is 0 Å². The molecule has 0 aliphatic carbocycles. The van der Waals surface area contributed by atoms with E-state index < -0.39 is 14.3 Å². The Morgan fingerprint density at radius 2 is 0.619 bits per heavy atom. The average Bonchev–Trinajstić information content (AvgIpc) is 3.07. The minimum absolute atomic E-state index is 0.781. The number of benzene rings is 7. The van der Waals surface area contributed by atoms with Crippen molar-refractivity contribution < 1.29 is 9.13 Å². The molecule has 0 unspecified atom stereocenters. The molecule has 0 aliphatic rings. The number of hydrogen-bond acceptors (Lipinski definition) is 2. The van der Waals surface area contributed by atoms with Gasteiger partial charge in [0, 0.05) is 31.8 Å².